The zero-order valence-corrected chi connectivity index (χ0v) is 16.7. The summed E-state index contributed by atoms with van der Waals surface area (Å²) in [6, 6.07) is 7.44. The van der Waals surface area contributed by atoms with Gasteiger partial charge in [0.25, 0.3) is 0 Å². The number of fused-ring (bicyclic) bond motifs is 1. The molecule has 0 aliphatic carbocycles. The van der Waals surface area contributed by atoms with Crippen LogP contribution in [0.15, 0.2) is 48.4 Å². The van der Waals surface area contributed by atoms with E-state index in [-0.39, 0.29) is 5.56 Å². The summed E-state index contributed by atoms with van der Waals surface area (Å²) in [5.74, 6) is -0.651. The molecule has 0 saturated carbocycles. The first-order chi connectivity index (χ1) is 14.7. The van der Waals surface area contributed by atoms with Crippen molar-refractivity contribution in [1.82, 2.24) is 19.9 Å². The van der Waals surface area contributed by atoms with Gasteiger partial charge in [-0.1, -0.05) is 0 Å². The fourth-order valence-corrected chi connectivity index (χ4v) is 4.22. The van der Waals surface area contributed by atoms with Crippen LogP contribution in [0.2, 0.25) is 0 Å². The fraction of sp³-hybridized carbons (Fsp3) is 0.238. The summed E-state index contributed by atoms with van der Waals surface area (Å²) in [6.45, 7) is 3.02. The van der Waals surface area contributed by atoms with Gasteiger partial charge in [-0.2, -0.15) is 4.39 Å². The molecule has 0 radical (unpaired) electrons. The number of thiazole rings is 1. The van der Waals surface area contributed by atoms with Crippen LogP contribution in [0.1, 0.15) is 16.7 Å². The van der Waals surface area contributed by atoms with Crippen LogP contribution in [0.5, 0.6) is 0 Å². The van der Waals surface area contributed by atoms with E-state index in [0.717, 1.165) is 24.2 Å². The highest BCUT2D eigenvalue weighted by molar-refractivity contribution is 7.09. The number of nitrogens with zero attached hydrogens (tertiary/aromatic N) is 5. The minimum atomic E-state index is -0.974. The molecule has 1 unspecified atom stereocenters. The first-order valence-electron chi connectivity index (χ1n) is 9.51. The lowest BCUT2D eigenvalue weighted by atomic mass is 10.0. The van der Waals surface area contributed by atoms with Gasteiger partial charge in [0.1, 0.15) is 17.4 Å². The lowest BCUT2D eigenvalue weighted by molar-refractivity contribution is 0.122. The molecule has 4 aromatic rings. The van der Waals surface area contributed by atoms with Crippen molar-refractivity contribution in [3.63, 3.8) is 0 Å². The van der Waals surface area contributed by atoms with E-state index < -0.39 is 12.1 Å². The van der Waals surface area contributed by atoms with Crippen molar-refractivity contribution < 1.29 is 14.2 Å². The second-order valence-electron chi connectivity index (χ2n) is 6.90. The number of morpholine rings is 1. The van der Waals surface area contributed by atoms with Gasteiger partial charge in [-0.3, -0.25) is 0 Å². The second-order valence-corrected chi connectivity index (χ2v) is 7.83. The van der Waals surface area contributed by atoms with E-state index >= 15 is 0 Å². The molecule has 1 saturated heterocycles. The molecular formula is C21H18FN5O2S. The van der Waals surface area contributed by atoms with Gasteiger partial charge in [-0.05, 0) is 24.3 Å². The molecule has 30 heavy (non-hydrogen) atoms. The van der Waals surface area contributed by atoms with E-state index in [0.29, 0.717) is 35.0 Å². The van der Waals surface area contributed by atoms with Crippen LogP contribution in [-0.4, -0.2) is 51.3 Å². The SMILES string of the molecule is OC(c1cnc(F)c(-c2ncnc3cc(N4CCOCC4)ccc23)c1)c1nccs1. The van der Waals surface area contributed by atoms with Crippen molar-refractivity contribution in [2.45, 2.75) is 6.10 Å². The summed E-state index contributed by atoms with van der Waals surface area (Å²) in [6.07, 6.45) is 3.39. The van der Waals surface area contributed by atoms with E-state index in [1.807, 2.05) is 18.2 Å². The van der Waals surface area contributed by atoms with Crippen LogP contribution < -0.4 is 4.90 Å². The summed E-state index contributed by atoms with van der Waals surface area (Å²) in [4.78, 5) is 18.9. The Balaban J connectivity index is 1.56. The Morgan fingerprint density at radius 3 is 2.77 bits per heavy atom. The van der Waals surface area contributed by atoms with Crippen LogP contribution in [0.4, 0.5) is 10.1 Å². The summed E-state index contributed by atoms with van der Waals surface area (Å²) in [7, 11) is 0. The number of rotatable bonds is 4. The maximum Gasteiger partial charge on any atom is 0.222 e. The zero-order chi connectivity index (χ0) is 20.5. The van der Waals surface area contributed by atoms with Gasteiger partial charge >= 0.3 is 0 Å². The maximum atomic E-state index is 14.7. The van der Waals surface area contributed by atoms with Crippen molar-refractivity contribution in [1.29, 1.82) is 0 Å². The monoisotopic (exact) mass is 423 g/mol. The molecule has 0 amide bonds. The summed E-state index contributed by atoms with van der Waals surface area (Å²) < 4.78 is 20.1. The lowest BCUT2D eigenvalue weighted by Crippen LogP contribution is -2.36. The quantitative estimate of drug-likeness (QED) is 0.505. The number of anilines is 1. The zero-order valence-electron chi connectivity index (χ0n) is 15.9. The molecule has 1 aliphatic heterocycles. The van der Waals surface area contributed by atoms with Crippen molar-refractivity contribution in [3.05, 3.63) is 64.9 Å². The first-order valence-corrected chi connectivity index (χ1v) is 10.4. The molecule has 3 aromatic heterocycles. The van der Waals surface area contributed by atoms with Gasteiger partial charge in [-0.15, -0.1) is 11.3 Å². The van der Waals surface area contributed by atoms with Crippen LogP contribution in [0.25, 0.3) is 22.2 Å². The molecule has 1 N–H and O–H groups in total. The van der Waals surface area contributed by atoms with Gasteiger partial charge in [0.15, 0.2) is 0 Å². The number of aliphatic hydroxyl groups is 1. The number of ether oxygens (including phenoxy) is 1. The van der Waals surface area contributed by atoms with Gasteiger partial charge in [0.05, 0.1) is 30.0 Å². The maximum absolute atomic E-state index is 14.7. The Morgan fingerprint density at radius 1 is 1.10 bits per heavy atom. The molecule has 0 spiro atoms. The largest absolute Gasteiger partial charge is 0.381 e. The number of hydrogen-bond acceptors (Lipinski definition) is 8. The Labute approximate surface area is 175 Å². The Hall–Kier alpha value is -3.01. The third kappa shape index (κ3) is 3.51. The fourth-order valence-electron chi connectivity index (χ4n) is 3.57. The molecule has 152 valence electrons. The number of benzene rings is 1. The van der Waals surface area contributed by atoms with Crippen molar-refractivity contribution >= 4 is 27.9 Å². The Bertz CT molecular complexity index is 1180. The number of halogens is 1. The van der Waals surface area contributed by atoms with Crippen LogP contribution in [-0.2, 0) is 4.74 Å². The number of pyridine rings is 1. The highest BCUT2D eigenvalue weighted by atomic mass is 32.1. The second kappa shape index (κ2) is 8.02. The average Bonchev–Trinajstić information content (AvgIpc) is 3.34. The minimum Gasteiger partial charge on any atom is -0.381 e. The van der Waals surface area contributed by atoms with E-state index in [2.05, 4.69) is 24.8 Å². The smallest absolute Gasteiger partial charge is 0.222 e. The molecule has 5 rings (SSSR count). The van der Waals surface area contributed by atoms with E-state index in [1.54, 1.807) is 17.6 Å². The van der Waals surface area contributed by atoms with Crippen LogP contribution in [0, 0.1) is 5.95 Å². The highest BCUT2D eigenvalue weighted by Crippen LogP contribution is 2.32. The topological polar surface area (TPSA) is 84.3 Å². The molecule has 0 bridgehead atoms. The number of hydrogen-bond donors (Lipinski definition) is 1. The van der Waals surface area contributed by atoms with Gasteiger partial charge in [-0.25, -0.2) is 19.9 Å². The molecule has 9 heteroatoms. The molecule has 1 fully saturated rings. The molecule has 1 aromatic carbocycles. The molecule has 1 aliphatic rings. The summed E-state index contributed by atoms with van der Waals surface area (Å²) >= 11 is 1.33. The third-order valence-electron chi connectivity index (χ3n) is 5.11. The van der Waals surface area contributed by atoms with Crippen molar-refractivity contribution in [2.75, 3.05) is 31.2 Å². The minimum absolute atomic E-state index is 0.217. The molecular weight excluding hydrogens is 405 g/mol. The van der Waals surface area contributed by atoms with Gasteiger partial charge < -0.3 is 14.7 Å². The normalized spacial score (nSPS) is 15.5. The van der Waals surface area contributed by atoms with Gasteiger partial charge in [0, 0.05) is 47.5 Å². The Kier molecular flexibility index (Phi) is 5.07. The number of aromatic nitrogens is 4. The number of aliphatic hydroxyl groups excluding tert-OH is 1. The van der Waals surface area contributed by atoms with Crippen LogP contribution >= 0.6 is 11.3 Å². The summed E-state index contributed by atoms with van der Waals surface area (Å²) in [5.41, 5.74) is 2.87. The predicted octanol–water partition coefficient (Wildman–Crippen LogP) is 3.21. The molecule has 7 nitrogen and oxygen atoms in total. The third-order valence-corrected chi connectivity index (χ3v) is 5.94. The van der Waals surface area contributed by atoms with E-state index in [1.165, 1.54) is 23.9 Å². The first kappa shape index (κ1) is 19.0. The van der Waals surface area contributed by atoms with Gasteiger partial charge in [0.2, 0.25) is 5.95 Å². The van der Waals surface area contributed by atoms with E-state index in [9.17, 15) is 9.50 Å². The molecule has 1 atom stereocenters. The molecule has 4 heterocycles. The Morgan fingerprint density at radius 2 is 1.97 bits per heavy atom. The van der Waals surface area contributed by atoms with Crippen molar-refractivity contribution in [2.24, 2.45) is 0 Å². The predicted molar refractivity (Wildman–Crippen MR) is 112 cm³/mol. The van der Waals surface area contributed by atoms with Crippen LogP contribution in [0.3, 0.4) is 0 Å². The van der Waals surface area contributed by atoms with E-state index in [4.69, 9.17) is 4.74 Å². The highest BCUT2D eigenvalue weighted by Gasteiger charge is 2.19. The lowest BCUT2D eigenvalue weighted by Gasteiger charge is -2.29. The van der Waals surface area contributed by atoms with Crippen molar-refractivity contribution in [3.8, 4) is 11.3 Å². The standard InChI is InChI=1S/C21H18FN5O2S/c22-20-16(9-13(11-24-20)19(28)21-23-3-8-30-21)18-15-2-1-14(10-17(15)25-12-26-18)27-4-6-29-7-5-27/h1-3,8-12,19,28H,4-7H2. The average molecular weight is 423 g/mol. The summed E-state index contributed by atoms with van der Waals surface area (Å²) in [5, 5.41) is 13.6.